The standard InChI is InChI=1S/C21H18N2/c1-4-10-16(11-5-1)19-20(17-12-6-2-7-13-17)23-21(22-19)18-14-8-3-9-15-18/h1-15,19-20H,(H,22,23)/t19-,20-/m0/s1. The molecular formula is C21H18N2. The van der Waals surface area contributed by atoms with Gasteiger partial charge in [0.1, 0.15) is 11.9 Å². The zero-order valence-electron chi connectivity index (χ0n) is 12.8. The van der Waals surface area contributed by atoms with Crippen LogP contribution in [0.2, 0.25) is 0 Å². The minimum atomic E-state index is 0.0915. The van der Waals surface area contributed by atoms with Crippen molar-refractivity contribution in [1.82, 2.24) is 5.32 Å². The van der Waals surface area contributed by atoms with Gasteiger partial charge in [0, 0.05) is 5.56 Å². The van der Waals surface area contributed by atoms with E-state index in [1.807, 2.05) is 24.3 Å². The van der Waals surface area contributed by atoms with E-state index in [-0.39, 0.29) is 12.1 Å². The van der Waals surface area contributed by atoms with Crippen LogP contribution >= 0.6 is 0 Å². The van der Waals surface area contributed by atoms with Crippen molar-refractivity contribution in [2.45, 2.75) is 12.1 Å². The molecule has 1 aliphatic rings. The van der Waals surface area contributed by atoms with Crippen LogP contribution in [0.4, 0.5) is 0 Å². The quantitative estimate of drug-likeness (QED) is 0.755. The Kier molecular flexibility index (Phi) is 3.65. The fourth-order valence-electron chi connectivity index (χ4n) is 3.07. The molecule has 2 heteroatoms. The summed E-state index contributed by atoms with van der Waals surface area (Å²) in [5.41, 5.74) is 3.63. The second-order valence-electron chi connectivity index (χ2n) is 5.73. The van der Waals surface area contributed by atoms with Gasteiger partial charge >= 0.3 is 0 Å². The minimum absolute atomic E-state index is 0.0915. The van der Waals surface area contributed by atoms with Crippen LogP contribution in [0.5, 0.6) is 0 Å². The lowest BCUT2D eigenvalue weighted by atomic mass is 9.95. The molecule has 0 saturated heterocycles. The lowest BCUT2D eigenvalue weighted by Gasteiger charge is -2.19. The molecule has 0 aromatic heterocycles. The fourth-order valence-corrected chi connectivity index (χ4v) is 3.07. The number of benzene rings is 3. The third-order valence-corrected chi connectivity index (χ3v) is 4.22. The van der Waals surface area contributed by atoms with Gasteiger partial charge in [-0.15, -0.1) is 0 Å². The molecule has 0 bridgehead atoms. The first kappa shape index (κ1) is 13.8. The molecule has 0 amide bonds. The second kappa shape index (κ2) is 6.09. The molecule has 2 atom stereocenters. The molecule has 23 heavy (non-hydrogen) atoms. The average molecular weight is 298 g/mol. The Hall–Kier alpha value is -2.87. The van der Waals surface area contributed by atoms with E-state index in [1.165, 1.54) is 11.1 Å². The topological polar surface area (TPSA) is 24.4 Å². The summed E-state index contributed by atoms with van der Waals surface area (Å²) in [4.78, 5) is 4.99. The monoisotopic (exact) mass is 298 g/mol. The molecule has 112 valence electrons. The van der Waals surface area contributed by atoms with E-state index in [0.717, 1.165) is 11.4 Å². The van der Waals surface area contributed by atoms with Crippen LogP contribution < -0.4 is 5.32 Å². The molecule has 1 heterocycles. The molecule has 3 aromatic rings. The third-order valence-electron chi connectivity index (χ3n) is 4.22. The molecule has 4 rings (SSSR count). The Morgan fingerprint density at radius 1 is 0.609 bits per heavy atom. The summed E-state index contributed by atoms with van der Waals surface area (Å²) in [6.45, 7) is 0. The zero-order valence-corrected chi connectivity index (χ0v) is 12.8. The van der Waals surface area contributed by atoms with Gasteiger partial charge in [-0.05, 0) is 11.1 Å². The van der Waals surface area contributed by atoms with Crippen LogP contribution in [0.15, 0.2) is 96.0 Å². The van der Waals surface area contributed by atoms with Gasteiger partial charge in [-0.2, -0.15) is 0 Å². The highest BCUT2D eigenvalue weighted by molar-refractivity contribution is 6.00. The first-order valence-electron chi connectivity index (χ1n) is 7.91. The van der Waals surface area contributed by atoms with Crippen LogP contribution in [-0.2, 0) is 0 Å². The maximum absolute atomic E-state index is 4.99. The number of aliphatic imine (C=N–C) groups is 1. The van der Waals surface area contributed by atoms with E-state index in [2.05, 4.69) is 72.0 Å². The van der Waals surface area contributed by atoms with E-state index in [9.17, 15) is 0 Å². The number of hydrogen-bond donors (Lipinski definition) is 1. The SMILES string of the molecule is c1ccc(C2=N[C@@H](c3ccccc3)[C@H](c3ccccc3)N2)cc1. The third kappa shape index (κ3) is 2.76. The molecular weight excluding hydrogens is 280 g/mol. The number of rotatable bonds is 3. The van der Waals surface area contributed by atoms with E-state index in [4.69, 9.17) is 4.99 Å². The second-order valence-corrected chi connectivity index (χ2v) is 5.73. The van der Waals surface area contributed by atoms with Gasteiger partial charge in [0.25, 0.3) is 0 Å². The smallest absolute Gasteiger partial charge is 0.129 e. The lowest BCUT2D eigenvalue weighted by molar-refractivity contribution is 0.572. The minimum Gasteiger partial charge on any atom is -0.361 e. The van der Waals surface area contributed by atoms with Crippen molar-refractivity contribution in [2.75, 3.05) is 0 Å². The van der Waals surface area contributed by atoms with Crippen LogP contribution in [0.25, 0.3) is 0 Å². The summed E-state index contributed by atoms with van der Waals surface area (Å²) in [6, 6.07) is 31.6. The normalized spacial score (nSPS) is 19.9. The van der Waals surface area contributed by atoms with Crippen molar-refractivity contribution in [3.8, 4) is 0 Å². The highest BCUT2D eigenvalue weighted by Crippen LogP contribution is 2.36. The number of nitrogens with zero attached hydrogens (tertiary/aromatic N) is 1. The Bertz CT molecular complexity index is 795. The van der Waals surface area contributed by atoms with Crippen LogP contribution in [0, 0.1) is 0 Å². The van der Waals surface area contributed by atoms with Crippen molar-refractivity contribution in [3.05, 3.63) is 108 Å². The van der Waals surface area contributed by atoms with Crippen molar-refractivity contribution in [2.24, 2.45) is 4.99 Å². The number of amidine groups is 1. The van der Waals surface area contributed by atoms with Crippen LogP contribution in [0.1, 0.15) is 28.8 Å². The molecule has 0 saturated carbocycles. The Morgan fingerprint density at radius 3 is 1.74 bits per heavy atom. The Balaban J connectivity index is 1.75. The van der Waals surface area contributed by atoms with Gasteiger partial charge in [-0.3, -0.25) is 4.99 Å². The molecule has 0 spiro atoms. The van der Waals surface area contributed by atoms with Gasteiger partial charge in [0.05, 0.1) is 6.04 Å². The van der Waals surface area contributed by atoms with Gasteiger partial charge in [0.2, 0.25) is 0 Å². The van der Waals surface area contributed by atoms with Crippen molar-refractivity contribution in [3.63, 3.8) is 0 Å². The van der Waals surface area contributed by atoms with Crippen molar-refractivity contribution < 1.29 is 0 Å². The van der Waals surface area contributed by atoms with Crippen molar-refractivity contribution >= 4 is 5.84 Å². The highest BCUT2D eigenvalue weighted by Gasteiger charge is 2.31. The first-order valence-corrected chi connectivity index (χ1v) is 7.91. The molecule has 1 N–H and O–H groups in total. The van der Waals surface area contributed by atoms with Crippen molar-refractivity contribution in [1.29, 1.82) is 0 Å². The lowest BCUT2D eigenvalue weighted by Crippen LogP contribution is -2.24. The molecule has 0 fully saturated rings. The van der Waals surface area contributed by atoms with E-state index in [0.29, 0.717) is 0 Å². The summed E-state index contributed by atoms with van der Waals surface area (Å²) in [5.74, 6) is 0.966. The largest absolute Gasteiger partial charge is 0.361 e. The molecule has 3 aromatic carbocycles. The average Bonchev–Trinajstić information content (AvgIpc) is 3.09. The van der Waals surface area contributed by atoms with E-state index >= 15 is 0 Å². The summed E-state index contributed by atoms with van der Waals surface area (Å²) >= 11 is 0. The number of hydrogen-bond acceptors (Lipinski definition) is 2. The van der Waals surface area contributed by atoms with E-state index < -0.39 is 0 Å². The van der Waals surface area contributed by atoms with Gasteiger partial charge in [-0.1, -0.05) is 91.0 Å². The zero-order chi connectivity index (χ0) is 15.5. The molecule has 1 aliphatic heterocycles. The van der Waals surface area contributed by atoms with E-state index in [1.54, 1.807) is 0 Å². The molecule has 2 nitrogen and oxygen atoms in total. The summed E-state index contributed by atoms with van der Waals surface area (Å²) < 4.78 is 0. The summed E-state index contributed by atoms with van der Waals surface area (Å²) in [5, 5.41) is 3.62. The molecule has 0 unspecified atom stereocenters. The molecule has 0 radical (unpaired) electrons. The first-order chi connectivity index (χ1) is 11.4. The Labute approximate surface area is 136 Å². The fraction of sp³-hybridized carbons (Fsp3) is 0.0952. The predicted molar refractivity (Wildman–Crippen MR) is 94.5 cm³/mol. The predicted octanol–water partition coefficient (Wildman–Crippen LogP) is 4.52. The molecule has 0 aliphatic carbocycles. The van der Waals surface area contributed by atoms with Crippen LogP contribution in [-0.4, -0.2) is 5.84 Å². The maximum Gasteiger partial charge on any atom is 0.129 e. The highest BCUT2D eigenvalue weighted by atomic mass is 15.1. The van der Waals surface area contributed by atoms with Gasteiger partial charge < -0.3 is 5.32 Å². The maximum atomic E-state index is 4.99. The van der Waals surface area contributed by atoms with Gasteiger partial charge in [-0.25, -0.2) is 0 Å². The summed E-state index contributed by atoms with van der Waals surface area (Å²) in [6.07, 6.45) is 0. The summed E-state index contributed by atoms with van der Waals surface area (Å²) in [7, 11) is 0. The number of nitrogens with one attached hydrogen (secondary N) is 1. The Morgan fingerprint density at radius 2 is 1.13 bits per heavy atom. The van der Waals surface area contributed by atoms with Gasteiger partial charge in [0.15, 0.2) is 0 Å². The van der Waals surface area contributed by atoms with Crippen LogP contribution in [0.3, 0.4) is 0 Å².